The molecule has 0 aromatic heterocycles. The molecule has 2 saturated heterocycles. The summed E-state index contributed by atoms with van der Waals surface area (Å²) in [7, 11) is 0. The van der Waals surface area contributed by atoms with Gasteiger partial charge in [-0.1, -0.05) is 23.7 Å². The van der Waals surface area contributed by atoms with Crippen molar-refractivity contribution in [2.75, 3.05) is 26.2 Å². The maximum atomic E-state index is 13.2. The predicted octanol–water partition coefficient (Wildman–Crippen LogP) is 2.46. The number of hydrogen-bond acceptors (Lipinski definition) is 3. The zero-order valence-electron chi connectivity index (χ0n) is 15.1. The van der Waals surface area contributed by atoms with Gasteiger partial charge in [-0.05, 0) is 38.5 Å². The van der Waals surface area contributed by atoms with Gasteiger partial charge in [0.15, 0.2) is 0 Å². The fraction of sp³-hybridized carbons (Fsp3) is 0.579. The van der Waals surface area contributed by atoms with E-state index >= 15 is 0 Å². The minimum Gasteiger partial charge on any atom is -0.337 e. The maximum absolute atomic E-state index is 13.2. The van der Waals surface area contributed by atoms with Crippen LogP contribution in [0.4, 0.5) is 0 Å². The first-order valence-corrected chi connectivity index (χ1v) is 9.22. The largest absolute Gasteiger partial charge is 0.337 e. The Bertz CT molecular complexity index is 671. The van der Waals surface area contributed by atoms with Crippen molar-refractivity contribution in [3.8, 4) is 0 Å². The Morgan fingerprint density at radius 2 is 2.08 bits per heavy atom. The highest BCUT2D eigenvalue weighted by Gasteiger charge is 2.42. The third-order valence-electron chi connectivity index (χ3n) is 5.04. The van der Waals surface area contributed by atoms with Gasteiger partial charge >= 0.3 is 0 Å². The first-order valence-electron chi connectivity index (χ1n) is 8.84. The van der Waals surface area contributed by atoms with E-state index in [2.05, 4.69) is 5.32 Å². The normalized spacial score (nSPS) is 24.7. The van der Waals surface area contributed by atoms with Crippen LogP contribution in [0.1, 0.15) is 38.8 Å². The van der Waals surface area contributed by atoms with Gasteiger partial charge in [-0.15, -0.1) is 0 Å². The molecule has 0 aliphatic carbocycles. The molecule has 1 N–H and O–H groups in total. The Morgan fingerprint density at radius 1 is 1.32 bits per heavy atom. The molecule has 1 aromatic rings. The molecule has 2 unspecified atom stereocenters. The highest BCUT2D eigenvalue weighted by Crippen LogP contribution is 2.31. The van der Waals surface area contributed by atoms with Gasteiger partial charge < -0.3 is 15.1 Å². The molecule has 1 aromatic carbocycles. The number of rotatable bonds is 2. The summed E-state index contributed by atoms with van der Waals surface area (Å²) < 4.78 is 0. The predicted molar refractivity (Wildman–Crippen MR) is 98.3 cm³/mol. The van der Waals surface area contributed by atoms with Gasteiger partial charge in [-0.3, -0.25) is 9.59 Å². The van der Waals surface area contributed by atoms with Crippen molar-refractivity contribution < 1.29 is 9.59 Å². The fourth-order valence-corrected chi connectivity index (χ4v) is 3.93. The van der Waals surface area contributed by atoms with Crippen LogP contribution in [0, 0.1) is 5.92 Å². The second-order valence-electron chi connectivity index (χ2n) is 7.88. The minimum atomic E-state index is -0.258. The molecule has 0 saturated carbocycles. The average molecular weight is 364 g/mol. The highest BCUT2D eigenvalue weighted by molar-refractivity contribution is 6.30. The standard InChI is InChI=1S/C19H26ClN3O2/c1-19(2,3)23-12-14(10-17(23)24)18(25)22-8-7-21-11-16(22)13-5-4-6-15(20)9-13/h4-6,9,14,16,21H,7-8,10-12H2,1-3H3. The Morgan fingerprint density at radius 3 is 2.72 bits per heavy atom. The first-order chi connectivity index (χ1) is 11.8. The highest BCUT2D eigenvalue weighted by atomic mass is 35.5. The number of halogens is 1. The zero-order chi connectivity index (χ0) is 18.2. The third kappa shape index (κ3) is 3.82. The molecule has 3 rings (SSSR count). The van der Waals surface area contributed by atoms with Gasteiger partial charge in [0.2, 0.25) is 11.8 Å². The monoisotopic (exact) mass is 363 g/mol. The number of nitrogens with zero attached hydrogens (tertiary/aromatic N) is 2. The SMILES string of the molecule is CC(C)(C)N1CC(C(=O)N2CCNCC2c2cccc(Cl)c2)CC1=O. The molecule has 2 atom stereocenters. The van der Waals surface area contributed by atoms with Crippen LogP contribution in [-0.4, -0.2) is 53.3 Å². The van der Waals surface area contributed by atoms with E-state index in [1.807, 2.05) is 54.8 Å². The van der Waals surface area contributed by atoms with Crippen molar-refractivity contribution in [3.63, 3.8) is 0 Å². The summed E-state index contributed by atoms with van der Waals surface area (Å²) in [4.78, 5) is 29.3. The van der Waals surface area contributed by atoms with E-state index in [-0.39, 0.29) is 29.3 Å². The van der Waals surface area contributed by atoms with Gasteiger partial charge in [0.1, 0.15) is 0 Å². The van der Waals surface area contributed by atoms with Crippen LogP contribution in [0.5, 0.6) is 0 Å². The van der Waals surface area contributed by atoms with E-state index in [9.17, 15) is 9.59 Å². The van der Waals surface area contributed by atoms with Crippen LogP contribution in [0.15, 0.2) is 24.3 Å². The maximum Gasteiger partial charge on any atom is 0.228 e. The van der Waals surface area contributed by atoms with Crippen LogP contribution in [-0.2, 0) is 9.59 Å². The van der Waals surface area contributed by atoms with Crippen LogP contribution in [0.2, 0.25) is 5.02 Å². The lowest BCUT2D eigenvalue weighted by atomic mass is 9.99. The van der Waals surface area contributed by atoms with Crippen LogP contribution < -0.4 is 5.32 Å². The van der Waals surface area contributed by atoms with Crippen molar-refractivity contribution >= 4 is 23.4 Å². The number of carbonyl (C=O) groups excluding carboxylic acids is 2. The van der Waals surface area contributed by atoms with Gasteiger partial charge in [0.05, 0.1) is 12.0 Å². The summed E-state index contributed by atoms with van der Waals surface area (Å²) >= 11 is 6.13. The van der Waals surface area contributed by atoms with Gasteiger partial charge in [0, 0.05) is 43.2 Å². The number of amides is 2. The lowest BCUT2D eigenvalue weighted by Crippen LogP contribution is -2.51. The summed E-state index contributed by atoms with van der Waals surface area (Å²) in [5.41, 5.74) is 0.784. The van der Waals surface area contributed by atoms with Crippen molar-refractivity contribution in [1.29, 1.82) is 0 Å². The van der Waals surface area contributed by atoms with E-state index < -0.39 is 0 Å². The Kier molecular flexibility index (Phi) is 5.07. The molecule has 0 spiro atoms. The molecular formula is C19H26ClN3O2. The van der Waals surface area contributed by atoms with Crippen molar-refractivity contribution in [3.05, 3.63) is 34.9 Å². The molecule has 6 heteroatoms. The fourth-order valence-electron chi connectivity index (χ4n) is 3.74. The van der Waals surface area contributed by atoms with Crippen LogP contribution in [0.25, 0.3) is 0 Å². The summed E-state index contributed by atoms with van der Waals surface area (Å²) in [5.74, 6) is -0.113. The van der Waals surface area contributed by atoms with E-state index in [1.54, 1.807) is 0 Å². The molecular weight excluding hydrogens is 338 g/mol. The molecule has 2 fully saturated rings. The van der Waals surface area contributed by atoms with E-state index in [4.69, 9.17) is 11.6 Å². The van der Waals surface area contributed by atoms with E-state index in [0.29, 0.717) is 31.1 Å². The lowest BCUT2D eigenvalue weighted by Gasteiger charge is -2.38. The van der Waals surface area contributed by atoms with E-state index in [1.165, 1.54) is 0 Å². The van der Waals surface area contributed by atoms with Crippen LogP contribution in [0.3, 0.4) is 0 Å². The Hall–Kier alpha value is -1.59. The summed E-state index contributed by atoms with van der Waals surface area (Å²) in [6.45, 7) is 8.66. The number of hydrogen-bond donors (Lipinski definition) is 1. The van der Waals surface area contributed by atoms with Crippen molar-refractivity contribution in [2.45, 2.75) is 38.8 Å². The Balaban J connectivity index is 1.79. The first kappa shape index (κ1) is 18.2. The third-order valence-corrected chi connectivity index (χ3v) is 5.28. The Labute approximate surface area is 154 Å². The molecule has 2 heterocycles. The molecule has 25 heavy (non-hydrogen) atoms. The second kappa shape index (κ2) is 6.96. The smallest absolute Gasteiger partial charge is 0.228 e. The van der Waals surface area contributed by atoms with Crippen molar-refractivity contribution in [2.24, 2.45) is 5.92 Å². The van der Waals surface area contributed by atoms with Gasteiger partial charge in [-0.25, -0.2) is 0 Å². The molecule has 0 radical (unpaired) electrons. The second-order valence-corrected chi connectivity index (χ2v) is 8.32. The minimum absolute atomic E-state index is 0.0428. The average Bonchev–Trinajstić information content (AvgIpc) is 2.96. The topological polar surface area (TPSA) is 52.7 Å². The lowest BCUT2D eigenvalue weighted by molar-refractivity contribution is -0.139. The summed E-state index contributed by atoms with van der Waals surface area (Å²) in [5, 5.41) is 4.03. The molecule has 2 amide bonds. The molecule has 5 nitrogen and oxygen atoms in total. The number of benzene rings is 1. The summed E-state index contributed by atoms with van der Waals surface area (Å²) in [6.07, 6.45) is 0.308. The van der Waals surface area contributed by atoms with Gasteiger partial charge in [0.25, 0.3) is 0 Å². The molecule has 2 aliphatic heterocycles. The molecule has 2 aliphatic rings. The van der Waals surface area contributed by atoms with E-state index in [0.717, 1.165) is 12.1 Å². The number of carbonyl (C=O) groups is 2. The van der Waals surface area contributed by atoms with Crippen LogP contribution >= 0.6 is 11.6 Å². The van der Waals surface area contributed by atoms with Crippen molar-refractivity contribution in [1.82, 2.24) is 15.1 Å². The van der Waals surface area contributed by atoms with Gasteiger partial charge in [-0.2, -0.15) is 0 Å². The molecule has 0 bridgehead atoms. The zero-order valence-corrected chi connectivity index (χ0v) is 15.8. The summed E-state index contributed by atoms with van der Waals surface area (Å²) in [6, 6.07) is 7.63. The number of nitrogens with one attached hydrogen (secondary N) is 1. The number of likely N-dealkylation sites (tertiary alicyclic amines) is 1. The quantitative estimate of drug-likeness (QED) is 0.878. The number of piperazine rings is 1. The molecule has 136 valence electrons.